The molecule has 0 fully saturated rings. The van der Waals surface area contributed by atoms with Crippen LogP contribution in [0.25, 0.3) is 0 Å². The summed E-state index contributed by atoms with van der Waals surface area (Å²) >= 11 is 0. The summed E-state index contributed by atoms with van der Waals surface area (Å²) in [5.74, 6) is -0.828. The number of aliphatic hydroxyl groups is 1. The molecule has 0 aliphatic rings. The molecule has 0 radical (unpaired) electrons. The number of hydrogen-bond donors (Lipinski definition) is 1. The minimum absolute atomic E-state index is 0.00386. The molecule has 0 aliphatic heterocycles. The largest absolute Gasteiger partial charge is 0.496 e. The highest BCUT2D eigenvalue weighted by atomic mass is 32.2. The van der Waals surface area contributed by atoms with Crippen LogP contribution < -0.4 is 14.2 Å². The van der Waals surface area contributed by atoms with Crippen molar-refractivity contribution in [3.8, 4) is 17.2 Å². The van der Waals surface area contributed by atoms with Crippen LogP contribution >= 0.6 is 0 Å². The van der Waals surface area contributed by atoms with Gasteiger partial charge in [0.1, 0.15) is 18.6 Å². The number of benzene rings is 5. The Bertz CT molecular complexity index is 2500. The van der Waals surface area contributed by atoms with Gasteiger partial charge in [0.25, 0.3) is 0 Å². The summed E-state index contributed by atoms with van der Waals surface area (Å²) in [6, 6.07) is 31.3. The fourth-order valence-electron chi connectivity index (χ4n) is 9.46. The minimum atomic E-state index is -4.21. The third kappa shape index (κ3) is 13.5. The van der Waals surface area contributed by atoms with Gasteiger partial charge >= 0.3 is 5.97 Å². The molecule has 374 valence electrons. The summed E-state index contributed by atoms with van der Waals surface area (Å²) in [7, 11) is 1.90. The van der Waals surface area contributed by atoms with Crippen LogP contribution in [0.4, 0.5) is 0 Å². The fourth-order valence-corrected chi connectivity index (χ4v) is 11.5. The van der Waals surface area contributed by atoms with Crippen LogP contribution in [0.15, 0.2) is 108 Å². The van der Waals surface area contributed by atoms with Gasteiger partial charge in [0.2, 0.25) is 10.0 Å². The van der Waals surface area contributed by atoms with Gasteiger partial charge in [-0.2, -0.15) is 4.31 Å². The molecule has 5 aromatic rings. The molecule has 12 nitrogen and oxygen atoms in total. The van der Waals surface area contributed by atoms with E-state index in [-0.39, 0.29) is 47.8 Å². The normalized spacial score (nSPS) is 14.9. The summed E-state index contributed by atoms with van der Waals surface area (Å²) in [5.41, 5.74) is 6.09. The highest BCUT2D eigenvalue weighted by molar-refractivity contribution is 7.89. The number of aryl methyl sites for hydroxylation is 3. The number of nitrogens with zero attached hydrogens (tertiary/aromatic N) is 1. The molecule has 0 spiro atoms. The van der Waals surface area contributed by atoms with Gasteiger partial charge in [-0.05, 0) is 87.6 Å². The lowest BCUT2D eigenvalue weighted by atomic mass is 9.84. The van der Waals surface area contributed by atoms with Crippen LogP contribution in [0, 0.1) is 45.4 Å². The van der Waals surface area contributed by atoms with Crippen molar-refractivity contribution in [2.75, 3.05) is 41.8 Å². The van der Waals surface area contributed by atoms with E-state index in [2.05, 4.69) is 13.8 Å². The van der Waals surface area contributed by atoms with Crippen LogP contribution in [0.1, 0.15) is 96.4 Å². The monoisotopic (exact) mass is 967 g/mol. The maximum atomic E-state index is 15.1. The van der Waals surface area contributed by atoms with Crippen molar-refractivity contribution >= 4 is 16.0 Å². The van der Waals surface area contributed by atoms with Gasteiger partial charge in [0, 0.05) is 43.4 Å². The molecular weight excluding hydrogens is 895 g/mol. The lowest BCUT2D eigenvalue weighted by Gasteiger charge is -2.35. The molecule has 0 saturated heterocycles. The Balaban J connectivity index is 1.53. The average Bonchev–Trinajstić information content (AvgIpc) is 3.33. The minimum Gasteiger partial charge on any atom is -0.496 e. The van der Waals surface area contributed by atoms with E-state index < -0.39 is 46.3 Å². The molecule has 0 bridgehead atoms. The van der Waals surface area contributed by atoms with Crippen LogP contribution in [0.3, 0.4) is 0 Å². The van der Waals surface area contributed by atoms with Crippen molar-refractivity contribution in [1.29, 1.82) is 0 Å². The predicted octanol–water partition coefficient (Wildman–Crippen LogP) is 10.6. The highest BCUT2D eigenvalue weighted by Crippen LogP contribution is 2.49. The molecule has 0 aromatic heterocycles. The maximum absolute atomic E-state index is 15.1. The maximum Gasteiger partial charge on any atom is 0.312 e. The number of carbonyl (C=O) groups is 1. The number of ether oxygens (including phenoxy) is 7. The van der Waals surface area contributed by atoms with Crippen LogP contribution in [-0.4, -0.2) is 77.8 Å². The van der Waals surface area contributed by atoms with E-state index in [1.807, 2.05) is 105 Å². The highest BCUT2D eigenvalue weighted by Gasteiger charge is 2.41. The second-order valence-electron chi connectivity index (χ2n) is 18.3. The lowest BCUT2D eigenvalue weighted by molar-refractivity contribution is -0.160. The molecule has 0 aliphatic carbocycles. The molecule has 7 atom stereocenters. The Hall–Kier alpha value is -5.28. The van der Waals surface area contributed by atoms with Crippen molar-refractivity contribution in [1.82, 2.24) is 4.31 Å². The molecule has 13 heteroatoms. The zero-order valence-corrected chi connectivity index (χ0v) is 43.3. The Morgan fingerprint density at radius 2 is 1.28 bits per heavy atom. The first-order valence-corrected chi connectivity index (χ1v) is 25.0. The van der Waals surface area contributed by atoms with E-state index in [1.165, 1.54) is 18.5 Å². The summed E-state index contributed by atoms with van der Waals surface area (Å²) in [6.07, 6.45) is -2.08. The average molecular weight is 968 g/mol. The second-order valence-corrected chi connectivity index (χ2v) is 20.1. The number of hydrogen-bond acceptors (Lipinski definition) is 11. The van der Waals surface area contributed by atoms with Gasteiger partial charge in [0.05, 0.1) is 57.0 Å². The number of methoxy groups -OCH3 is 4. The van der Waals surface area contributed by atoms with Crippen molar-refractivity contribution in [3.05, 3.63) is 153 Å². The molecule has 0 heterocycles. The van der Waals surface area contributed by atoms with Gasteiger partial charge in [-0.3, -0.25) is 4.79 Å². The zero-order valence-electron chi connectivity index (χ0n) is 42.5. The molecular formula is C56H73NO11S. The van der Waals surface area contributed by atoms with E-state index in [0.29, 0.717) is 52.5 Å². The lowest BCUT2D eigenvalue weighted by Crippen LogP contribution is -2.43. The van der Waals surface area contributed by atoms with Gasteiger partial charge in [0.15, 0.2) is 11.5 Å². The molecule has 5 rings (SSSR count). The zero-order chi connectivity index (χ0) is 50.4. The van der Waals surface area contributed by atoms with Crippen LogP contribution in [-0.2, 0) is 53.3 Å². The van der Waals surface area contributed by atoms with Crippen molar-refractivity contribution in [2.24, 2.45) is 17.8 Å². The smallest absolute Gasteiger partial charge is 0.312 e. The van der Waals surface area contributed by atoms with Gasteiger partial charge < -0.3 is 38.3 Å². The standard InChI is InChI=1S/C56H73NO11S/c1-36-28-39(4)55(40(5)29-36)69(60,61)57(32-44-22-16-13-17-23-44)43(8)53(46-26-20-15-21-27-46)68-56(59)41(6)50(58)49-47(51(63-10)42(7)52(64-11)54(49)65-12)31-48(67-35-62-9)38(3)30-37(2)33-66-34-45-24-18-14-19-25-45/h13-29,37-38,41,43,48,50,53,58H,30-35H2,1-12H3/t37-,38-,41-,43+,48-,50+,53+/m0/s1. The second kappa shape index (κ2) is 25.5. The van der Waals surface area contributed by atoms with Gasteiger partial charge in [-0.1, -0.05) is 123 Å². The molecule has 0 unspecified atom stereocenters. The van der Waals surface area contributed by atoms with E-state index in [0.717, 1.165) is 23.1 Å². The Morgan fingerprint density at radius 3 is 1.83 bits per heavy atom. The Labute approximate surface area is 410 Å². The first-order valence-electron chi connectivity index (χ1n) is 23.6. The first kappa shape index (κ1) is 54.7. The number of sulfonamides is 1. The molecule has 0 amide bonds. The summed E-state index contributed by atoms with van der Waals surface area (Å²) in [4.78, 5) is 15.0. The van der Waals surface area contributed by atoms with Crippen LogP contribution in [0.2, 0.25) is 0 Å². The Morgan fingerprint density at radius 1 is 0.725 bits per heavy atom. The predicted molar refractivity (Wildman–Crippen MR) is 269 cm³/mol. The molecule has 69 heavy (non-hydrogen) atoms. The quantitative estimate of drug-likeness (QED) is 0.0418. The number of rotatable bonds is 26. The van der Waals surface area contributed by atoms with E-state index >= 15 is 8.42 Å². The molecule has 1 N–H and O–H groups in total. The summed E-state index contributed by atoms with van der Waals surface area (Å²) < 4.78 is 74.0. The topological polar surface area (TPSA) is 139 Å². The first-order chi connectivity index (χ1) is 33.0. The van der Waals surface area contributed by atoms with Gasteiger partial charge in [-0.25, -0.2) is 8.42 Å². The third-order valence-electron chi connectivity index (χ3n) is 12.8. The summed E-state index contributed by atoms with van der Waals surface area (Å²) in [6.45, 7) is 16.0. The third-order valence-corrected chi connectivity index (χ3v) is 15.1. The number of aliphatic hydroxyl groups excluding tert-OH is 1. The van der Waals surface area contributed by atoms with Crippen molar-refractivity contribution < 1.29 is 51.5 Å². The fraction of sp³-hybridized carbons (Fsp3) is 0.446. The molecule has 0 saturated carbocycles. The van der Waals surface area contributed by atoms with E-state index in [4.69, 9.17) is 33.2 Å². The van der Waals surface area contributed by atoms with Crippen molar-refractivity contribution in [2.45, 2.75) is 111 Å². The molecule has 5 aromatic carbocycles. The SMILES string of the molecule is COCO[C@@H](Cc1c(OC)c(C)c(OC)c(OC)c1[C@H](O)[C@H](C)C(=O)O[C@@H](c1ccccc1)[C@@H](C)N(Cc1ccccc1)S(=O)(=O)c1c(C)cc(C)cc1C)[C@@H](C)C[C@H](C)COCc1ccccc1. The van der Waals surface area contributed by atoms with Crippen LogP contribution in [0.5, 0.6) is 17.2 Å². The number of carbonyl (C=O) groups excluding carboxylic acids is 1. The van der Waals surface area contributed by atoms with E-state index in [1.54, 1.807) is 54.0 Å². The summed E-state index contributed by atoms with van der Waals surface area (Å²) in [5, 5.41) is 12.7. The van der Waals surface area contributed by atoms with Crippen molar-refractivity contribution in [3.63, 3.8) is 0 Å². The number of esters is 1. The van der Waals surface area contributed by atoms with Gasteiger partial charge in [-0.15, -0.1) is 0 Å². The Kier molecular flexibility index (Phi) is 20.2. The van der Waals surface area contributed by atoms with E-state index in [9.17, 15) is 9.90 Å².